The highest BCUT2D eigenvalue weighted by atomic mass is 15.3. The van der Waals surface area contributed by atoms with Gasteiger partial charge in [0.1, 0.15) is 0 Å². The van der Waals surface area contributed by atoms with E-state index in [2.05, 4.69) is 10.2 Å². The van der Waals surface area contributed by atoms with E-state index in [9.17, 15) is 0 Å². The molecule has 2 heteroatoms. The lowest BCUT2D eigenvalue weighted by molar-refractivity contribution is 0.00545. The van der Waals surface area contributed by atoms with Crippen molar-refractivity contribution in [3.05, 3.63) is 0 Å². The summed E-state index contributed by atoms with van der Waals surface area (Å²) in [5.74, 6) is 1.04. The summed E-state index contributed by atoms with van der Waals surface area (Å²) < 4.78 is 0. The molecule has 1 N–H and O–H groups in total. The van der Waals surface area contributed by atoms with E-state index in [1.165, 1.54) is 77.5 Å². The van der Waals surface area contributed by atoms with Crippen LogP contribution in [-0.4, -0.2) is 36.6 Å². The molecule has 0 unspecified atom stereocenters. The van der Waals surface area contributed by atoms with Gasteiger partial charge >= 0.3 is 0 Å². The van der Waals surface area contributed by atoms with Gasteiger partial charge in [0.15, 0.2) is 0 Å². The molecule has 16 heavy (non-hydrogen) atoms. The maximum absolute atomic E-state index is 3.64. The average molecular weight is 222 g/mol. The summed E-state index contributed by atoms with van der Waals surface area (Å²) in [7, 11) is 0. The topological polar surface area (TPSA) is 15.3 Å². The van der Waals surface area contributed by atoms with Crippen LogP contribution in [-0.2, 0) is 0 Å². The standard InChI is InChI=1S/C14H26N2/c1-2-7-14(8-3-1)12-15-9-10-16(14)11-13-5-4-6-13/h13,15H,1-12H2. The highest BCUT2D eigenvalue weighted by molar-refractivity contribution is 4.98. The van der Waals surface area contributed by atoms with E-state index < -0.39 is 0 Å². The lowest BCUT2D eigenvalue weighted by atomic mass is 9.77. The monoisotopic (exact) mass is 222 g/mol. The smallest absolute Gasteiger partial charge is 0.0334 e. The summed E-state index contributed by atoms with van der Waals surface area (Å²) in [6, 6.07) is 0. The fraction of sp³-hybridized carbons (Fsp3) is 1.00. The number of piperazine rings is 1. The van der Waals surface area contributed by atoms with Crippen molar-refractivity contribution in [3.63, 3.8) is 0 Å². The van der Waals surface area contributed by atoms with Crippen LogP contribution in [0.5, 0.6) is 0 Å². The van der Waals surface area contributed by atoms with Crippen molar-refractivity contribution in [2.24, 2.45) is 5.92 Å². The summed E-state index contributed by atoms with van der Waals surface area (Å²) in [6.07, 6.45) is 11.8. The van der Waals surface area contributed by atoms with E-state index in [1.54, 1.807) is 0 Å². The van der Waals surface area contributed by atoms with Crippen molar-refractivity contribution in [2.75, 3.05) is 26.2 Å². The lowest BCUT2D eigenvalue weighted by Crippen LogP contribution is -2.63. The van der Waals surface area contributed by atoms with Crippen molar-refractivity contribution in [1.82, 2.24) is 10.2 Å². The van der Waals surface area contributed by atoms with E-state index in [0.29, 0.717) is 5.54 Å². The van der Waals surface area contributed by atoms with E-state index in [4.69, 9.17) is 0 Å². The minimum Gasteiger partial charge on any atom is -0.314 e. The van der Waals surface area contributed by atoms with E-state index in [1.807, 2.05) is 0 Å². The molecule has 92 valence electrons. The molecule has 2 saturated carbocycles. The zero-order valence-electron chi connectivity index (χ0n) is 10.5. The van der Waals surface area contributed by atoms with Crippen LogP contribution in [0, 0.1) is 5.92 Å². The number of rotatable bonds is 2. The fourth-order valence-electron chi connectivity index (χ4n) is 3.86. The molecule has 1 heterocycles. The zero-order valence-corrected chi connectivity index (χ0v) is 10.5. The fourth-order valence-corrected chi connectivity index (χ4v) is 3.86. The summed E-state index contributed by atoms with van der Waals surface area (Å²) in [6.45, 7) is 5.19. The van der Waals surface area contributed by atoms with Crippen molar-refractivity contribution in [3.8, 4) is 0 Å². The van der Waals surface area contributed by atoms with Crippen molar-refractivity contribution in [2.45, 2.75) is 56.9 Å². The Bertz CT molecular complexity index is 221. The lowest BCUT2D eigenvalue weighted by Gasteiger charge is -2.51. The van der Waals surface area contributed by atoms with Crippen LogP contribution in [0.3, 0.4) is 0 Å². The first-order valence-corrected chi connectivity index (χ1v) is 7.35. The molecule has 3 rings (SSSR count). The Balaban J connectivity index is 1.66. The highest BCUT2D eigenvalue weighted by Gasteiger charge is 2.40. The summed E-state index contributed by atoms with van der Waals surface area (Å²) in [5, 5.41) is 3.64. The largest absolute Gasteiger partial charge is 0.314 e. The average Bonchev–Trinajstić information content (AvgIpc) is 2.27. The molecular weight excluding hydrogens is 196 g/mol. The van der Waals surface area contributed by atoms with Crippen LogP contribution in [0.15, 0.2) is 0 Å². The van der Waals surface area contributed by atoms with Crippen LogP contribution >= 0.6 is 0 Å². The van der Waals surface area contributed by atoms with Gasteiger partial charge in [-0.25, -0.2) is 0 Å². The molecule has 0 aromatic rings. The molecule has 1 aliphatic heterocycles. The number of hydrogen-bond donors (Lipinski definition) is 1. The normalized spacial score (nSPS) is 31.5. The first-order chi connectivity index (χ1) is 7.89. The third-order valence-corrected chi connectivity index (χ3v) is 5.17. The van der Waals surface area contributed by atoms with Gasteiger partial charge < -0.3 is 5.32 Å². The van der Waals surface area contributed by atoms with Gasteiger partial charge in [-0.05, 0) is 31.6 Å². The molecule has 2 nitrogen and oxygen atoms in total. The van der Waals surface area contributed by atoms with E-state index in [-0.39, 0.29) is 0 Å². The maximum Gasteiger partial charge on any atom is 0.0334 e. The first kappa shape index (κ1) is 11.0. The molecule has 0 atom stereocenters. The summed E-state index contributed by atoms with van der Waals surface area (Å²) >= 11 is 0. The van der Waals surface area contributed by atoms with Gasteiger partial charge in [-0.15, -0.1) is 0 Å². The van der Waals surface area contributed by atoms with Crippen LogP contribution in [0.1, 0.15) is 51.4 Å². The van der Waals surface area contributed by atoms with Crippen molar-refractivity contribution < 1.29 is 0 Å². The molecule has 3 aliphatic rings. The Morgan fingerprint density at radius 3 is 2.56 bits per heavy atom. The maximum atomic E-state index is 3.64. The molecule has 0 amide bonds. The predicted octanol–water partition coefficient (Wildman–Crippen LogP) is 2.39. The SMILES string of the molecule is C1CCC2(CC1)CNCCN2CC1CCC1. The van der Waals surface area contributed by atoms with Gasteiger partial charge in [0.2, 0.25) is 0 Å². The van der Waals surface area contributed by atoms with Crippen LogP contribution in [0.2, 0.25) is 0 Å². The quantitative estimate of drug-likeness (QED) is 0.772. The number of nitrogens with one attached hydrogen (secondary N) is 1. The zero-order chi connectivity index (χ0) is 10.8. The van der Waals surface area contributed by atoms with Gasteiger partial charge in [0.05, 0.1) is 0 Å². The van der Waals surface area contributed by atoms with Crippen LogP contribution in [0.4, 0.5) is 0 Å². The van der Waals surface area contributed by atoms with Gasteiger partial charge in [-0.1, -0.05) is 25.7 Å². The third kappa shape index (κ3) is 2.02. The Hall–Kier alpha value is -0.0800. The molecule has 0 bridgehead atoms. The second kappa shape index (κ2) is 4.66. The van der Waals surface area contributed by atoms with Crippen molar-refractivity contribution in [1.29, 1.82) is 0 Å². The Morgan fingerprint density at radius 2 is 1.88 bits per heavy atom. The van der Waals surface area contributed by atoms with Crippen molar-refractivity contribution >= 4 is 0 Å². The Kier molecular flexibility index (Phi) is 3.21. The second-order valence-corrected chi connectivity index (χ2v) is 6.20. The van der Waals surface area contributed by atoms with Gasteiger partial charge in [0, 0.05) is 31.7 Å². The minimum atomic E-state index is 0.562. The number of nitrogens with zero attached hydrogens (tertiary/aromatic N) is 1. The summed E-state index contributed by atoms with van der Waals surface area (Å²) in [4.78, 5) is 2.87. The number of hydrogen-bond acceptors (Lipinski definition) is 2. The second-order valence-electron chi connectivity index (χ2n) is 6.20. The highest BCUT2D eigenvalue weighted by Crippen LogP contribution is 2.37. The van der Waals surface area contributed by atoms with Gasteiger partial charge in [-0.2, -0.15) is 0 Å². The molecular formula is C14H26N2. The predicted molar refractivity (Wildman–Crippen MR) is 67.6 cm³/mol. The molecule has 1 spiro atoms. The van der Waals surface area contributed by atoms with E-state index in [0.717, 1.165) is 5.92 Å². The molecule has 1 saturated heterocycles. The van der Waals surface area contributed by atoms with E-state index >= 15 is 0 Å². The molecule has 2 aliphatic carbocycles. The van der Waals surface area contributed by atoms with Gasteiger partial charge in [0.25, 0.3) is 0 Å². The van der Waals surface area contributed by atoms with Gasteiger partial charge in [-0.3, -0.25) is 4.90 Å². The Labute approximate surface area is 99.8 Å². The first-order valence-electron chi connectivity index (χ1n) is 7.35. The van der Waals surface area contributed by atoms with Crippen LogP contribution < -0.4 is 5.32 Å². The molecule has 3 fully saturated rings. The summed E-state index contributed by atoms with van der Waals surface area (Å²) in [5.41, 5.74) is 0.562. The molecule has 0 aromatic carbocycles. The van der Waals surface area contributed by atoms with Crippen LogP contribution in [0.25, 0.3) is 0 Å². The molecule has 0 radical (unpaired) electrons. The minimum absolute atomic E-state index is 0.562. The third-order valence-electron chi connectivity index (χ3n) is 5.17. The molecule has 0 aromatic heterocycles. The Morgan fingerprint density at radius 1 is 1.06 bits per heavy atom.